The molecule has 40 heavy (non-hydrogen) atoms. The molecule has 216 valence electrons. The second kappa shape index (κ2) is 13.5. The van der Waals surface area contributed by atoms with Crippen molar-refractivity contribution in [1.29, 1.82) is 0 Å². The number of nitrogens with zero attached hydrogens (tertiary/aromatic N) is 4. The Bertz CT molecular complexity index is 1390. The van der Waals surface area contributed by atoms with Gasteiger partial charge in [0.25, 0.3) is 6.47 Å². The number of aromatic nitrogens is 3. The van der Waals surface area contributed by atoms with Gasteiger partial charge in [-0.2, -0.15) is 13.2 Å². The van der Waals surface area contributed by atoms with E-state index in [9.17, 15) is 21.6 Å². The zero-order valence-corrected chi connectivity index (χ0v) is 24.0. The number of pyridine rings is 1. The van der Waals surface area contributed by atoms with E-state index in [1.165, 1.54) is 43.0 Å². The molecule has 0 bridgehead atoms. The second-order valence-corrected chi connectivity index (χ2v) is 12.2. The summed E-state index contributed by atoms with van der Waals surface area (Å²) in [6.45, 7) is -0.250. The molecule has 3 atom stereocenters. The van der Waals surface area contributed by atoms with Gasteiger partial charge in [-0.1, -0.05) is 18.2 Å². The standard InChI is InChI=1S/C25H26BrF3N4O3S.CH2O2/c1-33(2)22-11-17(16-4-3-5-18(10-16)25(27,28)29)6-7-23(22)36-24-21(26)12-20(13-31-24)37(34,35)14-19-8-9-30-15-32-19;2-1-3/h3-5,8-10,12-13,15,17,22-23H,6-7,11,14H2,1-2H3;1H,(H,2,3)/t17-,22-,23-;/m0./s1. The number of hydrogen-bond acceptors (Lipinski definition) is 8. The Hall–Kier alpha value is -3.10. The number of ether oxygens (including phenoxy) is 1. The molecule has 0 aliphatic heterocycles. The van der Waals surface area contributed by atoms with Gasteiger partial charge in [0.2, 0.25) is 5.88 Å². The summed E-state index contributed by atoms with van der Waals surface area (Å²) >= 11 is 3.39. The molecule has 1 aromatic carbocycles. The smallest absolute Gasteiger partial charge is 0.416 e. The highest BCUT2D eigenvalue weighted by Gasteiger charge is 2.36. The maximum Gasteiger partial charge on any atom is 0.416 e. The van der Waals surface area contributed by atoms with Gasteiger partial charge in [-0.15, -0.1) is 0 Å². The van der Waals surface area contributed by atoms with Crippen LogP contribution in [0.3, 0.4) is 0 Å². The van der Waals surface area contributed by atoms with Crippen LogP contribution in [0.5, 0.6) is 5.88 Å². The van der Waals surface area contributed by atoms with Crippen LogP contribution in [0.1, 0.15) is 42.0 Å². The van der Waals surface area contributed by atoms with E-state index in [0.717, 1.165) is 6.07 Å². The second-order valence-electron chi connectivity index (χ2n) is 9.34. The maximum atomic E-state index is 13.2. The molecule has 2 heterocycles. The quantitative estimate of drug-likeness (QED) is 0.355. The van der Waals surface area contributed by atoms with Crippen LogP contribution in [0.2, 0.25) is 0 Å². The van der Waals surface area contributed by atoms with Crippen molar-refractivity contribution in [1.82, 2.24) is 19.9 Å². The molecule has 9 nitrogen and oxygen atoms in total. The number of sulfone groups is 1. The fourth-order valence-corrected chi connectivity index (χ4v) is 6.39. The Morgan fingerprint density at radius 1 is 1.18 bits per heavy atom. The van der Waals surface area contributed by atoms with E-state index in [2.05, 4.69) is 30.9 Å². The van der Waals surface area contributed by atoms with Gasteiger partial charge in [0.15, 0.2) is 9.84 Å². The van der Waals surface area contributed by atoms with Crippen molar-refractivity contribution in [2.24, 2.45) is 0 Å². The first kappa shape index (κ1) is 31.4. The Morgan fingerprint density at radius 2 is 1.90 bits per heavy atom. The van der Waals surface area contributed by atoms with Gasteiger partial charge in [-0.3, -0.25) is 4.79 Å². The molecule has 0 radical (unpaired) electrons. The summed E-state index contributed by atoms with van der Waals surface area (Å²) in [4.78, 5) is 22.4. The molecule has 0 saturated heterocycles. The largest absolute Gasteiger partial charge is 0.483 e. The number of hydrogen-bond donors (Lipinski definition) is 1. The molecule has 0 unspecified atom stereocenters. The molecule has 14 heteroatoms. The molecule has 1 aliphatic carbocycles. The Balaban J connectivity index is 0.00000141. The summed E-state index contributed by atoms with van der Waals surface area (Å²) in [7, 11) is 0.119. The number of carbonyl (C=O) groups is 1. The topological polar surface area (TPSA) is 123 Å². The van der Waals surface area contributed by atoms with E-state index in [1.807, 2.05) is 19.0 Å². The molecular formula is C26H28BrF3N4O5S. The van der Waals surface area contributed by atoms with Gasteiger partial charge in [0.05, 0.1) is 26.4 Å². The van der Waals surface area contributed by atoms with Crippen molar-refractivity contribution in [2.45, 2.75) is 54.2 Å². The first-order chi connectivity index (χ1) is 18.9. The highest BCUT2D eigenvalue weighted by atomic mass is 79.9. The van der Waals surface area contributed by atoms with E-state index in [1.54, 1.807) is 6.07 Å². The lowest BCUT2D eigenvalue weighted by Crippen LogP contribution is -2.46. The Morgan fingerprint density at radius 3 is 2.50 bits per heavy atom. The minimum absolute atomic E-state index is 0.0303. The lowest BCUT2D eigenvalue weighted by Gasteiger charge is -2.39. The van der Waals surface area contributed by atoms with Gasteiger partial charge in [-0.25, -0.2) is 23.4 Å². The predicted molar refractivity (Wildman–Crippen MR) is 143 cm³/mol. The van der Waals surface area contributed by atoms with E-state index in [-0.39, 0.29) is 41.1 Å². The van der Waals surface area contributed by atoms with E-state index in [0.29, 0.717) is 35.0 Å². The van der Waals surface area contributed by atoms with Gasteiger partial charge in [0, 0.05) is 18.4 Å². The Kier molecular flexibility index (Phi) is 10.6. The number of halogens is 4. The number of alkyl halides is 3. The first-order valence-corrected chi connectivity index (χ1v) is 14.5. The van der Waals surface area contributed by atoms with Crippen LogP contribution in [0, 0.1) is 0 Å². The van der Waals surface area contributed by atoms with Crippen molar-refractivity contribution in [3.05, 3.63) is 76.4 Å². The molecule has 1 N–H and O–H groups in total. The van der Waals surface area contributed by atoms with Crippen LogP contribution in [0.15, 0.2) is 64.5 Å². The zero-order valence-electron chi connectivity index (χ0n) is 21.6. The zero-order chi connectivity index (χ0) is 29.5. The number of carboxylic acid groups (broad SMARTS) is 1. The average molecular weight is 645 g/mol. The third-order valence-electron chi connectivity index (χ3n) is 6.49. The SMILES string of the molecule is CN(C)[C@H]1C[C@@H](c2cccc(C(F)(F)F)c2)CC[C@@H]1Oc1ncc(S(=O)(=O)Cc2ccncn2)cc1Br.O=CO. The van der Waals surface area contributed by atoms with Gasteiger partial charge >= 0.3 is 6.18 Å². The summed E-state index contributed by atoms with van der Waals surface area (Å²) in [5.74, 6) is -0.0674. The highest BCUT2D eigenvalue weighted by molar-refractivity contribution is 9.10. The molecule has 2 aromatic heterocycles. The van der Waals surface area contributed by atoms with Crippen molar-refractivity contribution in [3.8, 4) is 5.88 Å². The third-order valence-corrected chi connectivity index (χ3v) is 8.67. The molecule has 3 aromatic rings. The van der Waals surface area contributed by atoms with Crippen LogP contribution in [-0.4, -0.2) is 66.1 Å². The number of benzene rings is 1. The lowest BCUT2D eigenvalue weighted by atomic mass is 9.79. The van der Waals surface area contributed by atoms with Gasteiger partial charge < -0.3 is 14.7 Å². The van der Waals surface area contributed by atoms with Crippen LogP contribution in [0.4, 0.5) is 13.2 Å². The highest BCUT2D eigenvalue weighted by Crippen LogP contribution is 2.39. The third kappa shape index (κ3) is 8.21. The minimum atomic E-state index is -4.39. The number of likely N-dealkylation sites (N-methyl/N-ethyl adjacent to an activating group) is 1. The molecular weight excluding hydrogens is 617 g/mol. The molecule has 4 rings (SSSR count). The molecule has 0 amide bonds. The maximum absolute atomic E-state index is 13.2. The van der Waals surface area contributed by atoms with Crippen LogP contribution >= 0.6 is 15.9 Å². The lowest BCUT2D eigenvalue weighted by molar-refractivity contribution is -0.137. The summed E-state index contributed by atoms with van der Waals surface area (Å²) in [6, 6.07) is 8.42. The van der Waals surface area contributed by atoms with E-state index < -0.39 is 21.6 Å². The van der Waals surface area contributed by atoms with E-state index in [4.69, 9.17) is 14.6 Å². The predicted octanol–water partition coefficient (Wildman–Crippen LogP) is 4.97. The molecule has 1 saturated carbocycles. The van der Waals surface area contributed by atoms with Crippen LogP contribution in [-0.2, 0) is 26.6 Å². The fourth-order valence-electron chi connectivity index (χ4n) is 4.56. The van der Waals surface area contributed by atoms with Crippen molar-refractivity contribution >= 4 is 32.2 Å². The summed E-state index contributed by atoms with van der Waals surface area (Å²) < 4.78 is 71.9. The van der Waals surface area contributed by atoms with Crippen LogP contribution in [0.25, 0.3) is 0 Å². The monoisotopic (exact) mass is 644 g/mol. The number of rotatable bonds is 7. The summed E-state index contributed by atoms with van der Waals surface area (Å²) in [5, 5.41) is 6.89. The summed E-state index contributed by atoms with van der Waals surface area (Å²) in [6.07, 6.45) is 1.24. The van der Waals surface area contributed by atoms with Crippen molar-refractivity contribution in [2.75, 3.05) is 14.1 Å². The van der Waals surface area contributed by atoms with Gasteiger partial charge in [-0.05, 0) is 79.0 Å². The minimum Gasteiger partial charge on any atom is -0.483 e. The molecule has 1 fully saturated rings. The normalized spacial score (nSPS) is 19.4. The summed E-state index contributed by atoms with van der Waals surface area (Å²) in [5.41, 5.74) is 0.392. The van der Waals surface area contributed by atoms with Crippen molar-refractivity contribution in [3.63, 3.8) is 0 Å². The molecule has 1 aliphatic rings. The van der Waals surface area contributed by atoms with Crippen LogP contribution < -0.4 is 4.74 Å². The fraction of sp³-hybridized carbons (Fsp3) is 0.385. The van der Waals surface area contributed by atoms with E-state index >= 15 is 0 Å². The first-order valence-electron chi connectivity index (χ1n) is 12.1. The van der Waals surface area contributed by atoms with Crippen molar-refractivity contribution < 1.29 is 36.2 Å². The Labute approximate surface area is 238 Å². The van der Waals surface area contributed by atoms with Gasteiger partial charge in [0.1, 0.15) is 12.4 Å². The molecule has 0 spiro atoms. The average Bonchev–Trinajstić information content (AvgIpc) is 2.90.